The second-order valence-corrected chi connectivity index (χ2v) is 7.88. The fourth-order valence-electron chi connectivity index (χ4n) is 3.48. The highest BCUT2D eigenvalue weighted by Crippen LogP contribution is 2.29. The molecular formula is C22H22Cl2N4. The Hall–Kier alpha value is -2.30. The standard InChI is InChI=1S/C22H22Cl2N4/c23-18-12-11-17(13-19(18)24)25-21-14-20(15-7-3-1-4-8-15)27-22(28-21)26-16-9-5-2-6-10-16/h1,3-4,7-8,11-14,16H,2,5-6,9-10H2,(H2,25,26,27,28). The van der Waals surface area contributed by atoms with Gasteiger partial charge in [0, 0.05) is 23.4 Å². The van der Waals surface area contributed by atoms with E-state index in [1.807, 2.05) is 30.3 Å². The second-order valence-electron chi connectivity index (χ2n) is 7.06. The van der Waals surface area contributed by atoms with Crippen LogP contribution in [0, 0.1) is 0 Å². The van der Waals surface area contributed by atoms with Crippen LogP contribution in [0.1, 0.15) is 32.1 Å². The molecule has 1 fully saturated rings. The van der Waals surface area contributed by atoms with Gasteiger partial charge in [-0.1, -0.05) is 72.8 Å². The van der Waals surface area contributed by atoms with Crippen LogP contribution >= 0.6 is 23.2 Å². The van der Waals surface area contributed by atoms with Crippen molar-refractivity contribution in [1.82, 2.24) is 9.97 Å². The van der Waals surface area contributed by atoms with Gasteiger partial charge in [-0.05, 0) is 31.0 Å². The fourth-order valence-corrected chi connectivity index (χ4v) is 3.78. The molecule has 1 aromatic heterocycles. The summed E-state index contributed by atoms with van der Waals surface area (Å²) in [6, 6.07) is 17.9. The molecule has 1 saturated carbocycles. The van der Waals surface area contributed by atoms with Gasteiger partial charge in [-0.2, -0.15) is 4.98 Å². The fraction of sp³-hybridized carbons (Fsp3) is 0.273. The first-order valence-electron chi connectivity index (χ1n) is 9.60. The molecule has 0 unspecified atom stereocenters. The Bertz CT molecular complexity index is 941. The zero-order valence-corrected chi connectivity index (χ0v) is 17.0. The maximum atomic E-state index is 6.15. The summed E-state index contributed by atoms with van der Waals surface area (Å²) >= 11 is 12.2. The predicted molar refractivity (Wildman–Crippen MR) is 118 cm³/mol. The van der Waals surface area contributed by atoms with Crippen LogP contribution in [0.15, 0.2) is 54.6 Å². The molecule has 144 valence electrons. The molecule has 28 heavy (non-hydrogen) atoms. The molecule has 3 aromatic rings. The average molecular weight is 413 g/mol. The average Bonchev–Trinajstić information content (AvgIpc) is 2.72. The molecule has 0 spiro atoms. The number of nitrogens with one attached hydrogen (secondary N) is 2. The zero-order valence-electron chi connectivity index (χ0n) is 15.5. The number of hydrogen-bond donors (Lipinski definition) is 2. The van der Waals surface area contributed by atoms with Crippen molar-refractivity contribution in [3.63, 3.8) is 0 Å². The summed E-state index contributed by atoms with van der Waals surface area (Å²) in [7, 11) is 0. The lowest BCUT2D eigenvalue weighted by Crippen LogP contribution is -2.23. The van der Waals surface area contributed by atoms with Gasteiger partial charge in [-0.3, -0.25) is 0 Å². The first kappa shape index (κ1) is 19.0. The lowest BCUT2D eigenvalue weighted by atomic mass is 9.96. The highest BCUT2D eigenvalue weighted by Gasteiger charge is 2.15. The molecule has 6 heteroatoms. The summed E-state index contributed by atoms with van der Waals surface area (Å²) in [5.74, 6) is 1.36. The van der Waals surface area contributed by atoms with E-state index in [0.717, 1.165) is 29.8 Å². The van der Waals surface area contributed by atoms with Crippen LogP contribution in [0.25, 0.3) is 11.3 Å². The summed E-state index contributed by atoms with van der Waals surface area (Å²) in [6.45, 7) is 0. The molecular weight excluding hydrogens is 391 g/mol. The molecule has 0 aliphatic heterocycles. The molecule has 0 atom stereocenters. The topological polar surface area (TPSA) is 49.8 Å². The summed E-state index contributed by atoms with van der Waals surface area (Å²) in [6.07, 6.45) is 6.14. The van der Waals surface area contributed by atoms with E-state index in [1.54, 1.807) is 12.1 Å². The smallest absolute Gasteiger partial charge is 0.225 e. The number of aromatic nitrogens is 2. The highest BCUT2D eigenvalue weighted by atomic mass is 35.5. The van der Waals surface area contributed by atoms with Crippen LogP contribution in [-0.4, -0.2) is 16.0 Å². The number of halogens is 2. The Morgan fingerprint density at radius 2 is 1.61 bits per heavy atom. The van der Waals surface area contributed by atoms with E-state index < -0.39 is 0 Å². The van der Waals surface area contributed by atoms with Gasteiger partial charge in [0.15, 0.2) is 0 Å². The highest BCUT2D eigenvalue weighted by molar-refractivity contribution is 6.42. The Kier molecular flexibility index (Phi) is 5.98. The molecule has 0 amide bonds. The van der Waals surface area contributed by atoms with Gasteiger partial charge in [0.25, 0.3) is 0 Å². The van der Waals surface area contributed by atoms with Crippen molar-refractivity contribution in [2.24, 2.45) is 0 Å². The van der Waals surface area contributed by atoms with Crippen molar-refractivity contribution in [1.29, 1.82) is 0 Å². The Balaban J connectivity index is 1.65. The predicted octanol–water partition coefficient (Wildman–Crippen LogP) is 6.94. The van der Waals surface area contributed by atoms with E-state index in [-0.39, 0.29) is 0 Å². The van der Waals surface area contributed by atoms with E-state index in [1.165, 1.54) is 19.3 Å². The third-order valence-corrected chi connectivity index (χ3v) is 5.67. The number of anilines is 3. The quantitative estimate of drug-likeness (QED) is 0.476. The molecule has 0 radical (unpaired) electrons. The monoisotopic (exact) mass is 412 g/mol. The van der Waals surface area contributed by atoms with Crippen molar-refractivity contribution in [3.8, 4) is 11.3 Å². The summed E-state index contributed by atoms with van der Waals surface area (Å²) in [4.78, 5) is 9.45. The minimum atomic E-state index is 0.428. The maximum absolute atomic E-state index is 6.15. The van der Waals surface area contributed by atoms with Gasteiger partial charge in [-0.15, -0.1) is 0 Å². The largest absolute Gasteiger partial charge is 0.351 e. The van der Waals surface area contributed by atoms with Crippen molar-refractivity contribution >= 4 is 40.7 Å². The van der Waals surface area contributed by atoms with Crippen LogP contribution in [-0.2, 0) is 0 Å². The van der Waals surface area contributed by atoms with Crippen molar-refractivity contribution in [2.45, 2.75) is 38.1 Å². The van der Waals surface area contributed by atoms with Crippen molar-refractivity contribution in [3.05, 3.63) is 64.6 Å². The van der Waals surface area contributed by atoms with Crippen molar-refractivity contribution < 1.29 is 0 Å². The van der Waals surface area contributed by atoms with Crippen LogP contribution < -0.4 is 10.6 Å². The van der Waals surface area contributed by atoms with Crippen LogP contribution in [0.4, 0.5) is 17.5 Å². The lowest BCUT2D eigenvalue weighted by molar-refractivity contribution is 0.461. The first-order chi connectivity index (χ1) is 13.7. The van der Waals surface area contributed by atoms with Gasteiger partial charge in [0.05, 0.1) is 15.7 Å². The van der Waals surface area contributed by atoms with E-state index in [9.17, 15) is 0 Å². The summed E-state index contributed by atoms with van der Waals surface area (Å²) in [5.41, 5.74) is 2.75. The maximum Gasteiger partial charge on any atom is 0.225 e. The number of rotatable bonds is 5. The van der Waals surface area contributed by atoms with Crippen molar-refractivity contribution in [2.75, 3.05) is 10.6 Å². The minimum absolute atomic E-state index is 0.428. The normalized spacial score (nSPS) is 14.6. The molecule has 1 heterocycles. The van der Waals surface area contributed by atoms with Gasteiger partial charge in [0.2, 0.25) is 5.95 Å². The number of benzene rings is 2. The van der Waals surface area contributed by atoms with E-state index in [4.69, 9.17) is 33.2 Å². The van der Waals surface area contributed by atoms with Gasteiger partial charge in [-0.25, -0.2) is 4.98 Å². The molecule has 2 aromatic carbocycles. The second kappa shape index (κ2) is 8.80. The number of nitrogens with zero attached hydrogens (tertiary/aromatic N) is 2. The Labute approximate surface area is 175 Å². The molecule has 2 N–H and O–H groups in total. The van der Waals surface area contributed by atoms with Gasteiger partial charge >= 0.3 is 0 Å². The molecule has 0 bridgehead atoms. The van der Waals surface area contributed by atoms with Gasteiger partial charge < -0.3 is 10.6 Å². The third-order valence-electron chi connectivity index (χ3n) is 4.93. The first-order valence-corrected chi connectivity index (χ1v) is 10.4. The summed E-state index contributed by atoms with van der Waals surface area (Å²) in [5, 5.41) is 7.89. The minimum Gasteiger partial charge on any atom is -0.351 e. The Morgan fingerprint density at radius 3 is 2.36 bits per heavy atom. The third kappa shape index (κ3) is 4.75. The van der Waals surface area contributed by atoms with E-state index in [0.29, 0.717) is 27.9 Å². The SMILES string of the molecule is Clc1ccc(Nc2cc(-c3ccccc3)nc(NC3CCCCC3)n2)cc1Cl. The van der Waals surface area contributed by atoms with Gasteiger partial charge in [0.1, 0.15) is 5.82 Å². The molecule has 4 rings (SSSR count). The zero-order chi connectivity index (χ0) is 19.3. The molecule has 1 aliphatic carbocycles. The van der Waals surface area contributed by atoms with E-state index >= 15 is 0 Å². The molecule has 0 saturated heterocycles. The van der Waals surface area contributed by atoms with E-state index in [2.05, 4.69) is 22.8 Å². The Morgan fingerprint density at radius 1 is 0.821 bits per heavy atom. The van der Waals surface area contributed by atoms with Crippen LogP contribution in [0.3, 0.4) is 0 Å². The summed E-state index contributed by atoms with van der Waals surface area (Å²) < 4.78 is 0. The lowest BCUT2D eigenvalue weighted by Gasteiger charge is -2.23. The number of hydrogen-bond acceptors (Lipinski definition) is 4. The van der Waals surface area contributed by atoms with Crippen LogP contribution in [0.5, 0.6) is 0 Å². The molecule has 4 nitrogen and oxygen atoms in total. The van der Waals surface area contributed by atoms with Crippen LogP contribution in [0.2, 0.25) is 10.0 Å². The molecule has 1 aliphatic rings.